The fourth-order valence-corrected chi connectivity index (χ4v) is 3.21. The Morgan fingerprint density at radius 1 is 0.926 bits per heavy atom. The highest BCUT2D eigenvalue weighted by molar-refractivity contribution is 6.30. The molecule has 0 saturated carbocycles. The van der Waals surface area contributed by atoms with Crippen LogP contribution >= 0.6 is 11.6 Å². The number of hydrogen-bond acceptors (Lipinski definition) is 4. The highest BCUT2D eigenvalue weighted by Crippen LogP contribution is 2.15. The number of anilines is 1. The molecular formula is C20H23ClN4O2. The van der Waals surface area contributed by atoms with Crippen LogP contribution in [0.1, 0.15) is 16.8 Å². The molecule has 0 spiro atoms. The predicted octanol–water partition coefficient (Wildman–Crippen LogP) is 2.31. The maximum absolute atomic E-state index is 12.0. The molecule has 1 fully saturated rings. The van der Waals surface area contributed by atoms with E-state index in [-0.39, 0.29) is 11.8 Å². The number of hydrazine groups is 1. The fourth-order valence-electron chi connectivity index (χ4n) is 3.02. The van der Waals surface area contributed by atoms with Gasteiger partial charge in [-0.25, -0.2) is 0 Å². The number of benzene rings is 2. The van der Waals surface area contributed by atoms with Crippen LogP contribution in [0, 0.1) is 0 Å². The topological polar surface area (TPSA) is 64.7 Å². The summed E-state index contributed by atoms with van der Waals surface area (Å²) in [5.41, 5.74) is 6.51. The van der Waals surface area contributed by atoms with Gasteiger partial charge in [0.1, 0.15) is 0 Å². The number of piperazine rings is 1. The summed E-state index contributed by atoms with van der Waals surface area (Å²) < 4.78 is 0. The predicted molar refractivity (Wildman–Crippen MR) is 107 cm³/mol. The number of carbonyl (C=O) groups excluding carboxylic acids is 2. The van der Waals surface area contributed by atoms with Crippen LogP contribution in [0.2, 0.25) is 5.02 Å². The summed E-state index contributed by atoms with van der Waals surface area (Å²) >= 11 is 5.86. The van der Waals surface area contributed by atoms with Gasteiger partial charge in [0.15, 0.2) is 0 Å². The number of hydrogen-bond donors (Lipinski definition) is 2. The highest BCUT2D eigenvalue weighted by atomic mass is 35.5. The number of para-hydroxylation sites is 1. The second-order valence-corrected chi connectivity index (χ2v) is 6.86. The van der Waals surface area contributed by atoms with Gasteiger partial charge in [-0.3, -0.25) is 25.3 Å². The summed E-state index contributed by atoms with van der Waals surface area (Å²) in [6, 6.07) is 16.9. The van der Waals surface area contributed by atoms with Crippen molar-refractivity contribution < 1.29 is 9.59 Å². The molecule has 0 unspecified atom stereocenters. The highest BCUT2D eigenvalue weighted by Gasteiger charge is 2.17. The molecule has 2 aromatic rings. The Kier molecular flexibility index (Phi) is 6.68. The van der Waals surface area contributed by atoms with Crippen LogP contribution < -0.4 is 15.8 Å². The molecule has 0 atom stereocenters. The van der Waals surface area contributed by atoms with E-state index in [0.29, 0.717) is 23.6 Å². The molecule has 1 saturated heterocycles. The lowest BCUT2D eigenvalue weighted by Crippen LogP contribution is -2.48. The second kappa shape index (κ2) is 9.39. The van der Waals surface area contributed by atoms with Gasteiger partial charge in [-0.15, -0.1) is 0 Å². The minimum Gasteiger partial charge on any atom is -0.369 e. The number of nitrogens with one attached hydrogen (secondary N) is 2. The first-order chi connectivity index (χ1) is 13.1. The third kappa shape index (κ3) is 5.70. The maximum Gasteiger partial charge on any atom is 0.269 e. The van der Waals surface area contributed by atoms with Crippen molar-refractivity contribution >= 4 is 29.1 Å². The first kappa shape index (κ1) is 19.2. The number of halogens is 1. The van der Waals surface area contributed by atoms with Crippen LogP contribution in [-0.4, -0.2) is 49.4 Å². The first-order valence-electron chi connectivity index (χ1n) is 8.99. The molecule has 0 aromatic heterocycles. The zero-order valence-corrected chi connectivity index (χ0v) is 15.8. The van der Waals surface area contributed by atoms with Gasteiger partial charge in [-0.2, -0.15) is 0 Å². The Hall–Kier alpha value is -2.57. The fraction of sp³-hybridized carbons (Fsp3) is 0.300. The van der Waals surface area contributed by atoms with E-state index < -0.39 is 0 Å². The molecule has 1 aliphatic rings. The lowest BCUT2D eigenvalue weighted by molar-refractivity contribution is -0.122. The largest absolute Gasteiger partial charge is 0.369 e. The molecule has 2 amide bonds. The smallest absolute Gasteiger partial charge is 0.269 e. The summed E-state index contributed by atoms with van der Waals surface area (Å²) in [7, 11) is 0. The molecule has 3 rings (SSSR count). The molecule has 142 valence electrons. The Morgan fingerprint density at radius 2 is 1.67 bits per heavy atom. The van der Waals surface area contributed by atoms with Crippen molar-refractivity contribution in [2.24, 2.45) is 0 Å². The van der Waals surface area contributed by atoms with Crippen LogP contribution in [0.25, 0.3) is 0 Å². The van der Waals surface area contributed by atoms with Crippen LogP contribution in [0.3, 0.4) is 0 Å². The van der Waals surface area contributed by atoms with Gasteiger partial charge < -0.3 is 4.90 Å². The van der Waals surface area contributed by atoms with Gasteiger partial charge in [0, 0.05) is 55.4 Å². The Labute approximate surface area is 164 Å². The Balaban J connectivity index is 1.36. The monoisotopic (exact) mass is 386 g/mol. The standard InChI is InChI=1S/C20H23ClN4O2/c21-17-6-4-5-16(15-17)20(27)23-22-19(26)9-10-24-11-13-25(14-12-24)18-7-2-1-3-8-18/h1-8,15H,9-14H2,(H,22,26)(H,23,27). The van der Waals surface area contributed by atoms with Gasteiger partial charge in [-0.1, -0.05) is 35.9 Å². The first-order valence-corrected chi connectivity index (χ1v) is 9.37. The van der Waals surface area contributed by atoms with E-state index in [1.807, 2.05) is 18.2 Å². The molecule has 2 aromatic carbocycles. The van der Waals surface area contributed by atoms with E-state index in [9.17, 15) is 9.59 Å². The van der Waals surface area contributed by atoms with Crippen LogP contribution in [0.15, 0.2) is 54.6 Å². The summed E-state index contributed by atoms with van der Waals surface area (Å²) in [6.07, 6.45) is 0.334. The SMILES string of the molecule is O=C(CCN1CCN(c2ccccc2)CC1)NNC(=O)c1cccc(Cl)c1. The van der Waals surface area contributed by atoms with Crippen molar-refractivity contribution in [1.82, 2.24) is 15.8 Å². The van der Waals surface area contributed by atoms with Crippen molar-refractivity contribution in [3.05, 3.63) is 65.2 Å². The van der Waals surface area contributed by atoms with Gasteiger partial charge in [-0.05, 0) is 30.3 Å². The molecule has 0 radical (unpaired) electrons. The van der Waals surface area contributed by atoms with Crippen molar-refractivity contribution in [3.63, 3.8) is 0 Å². The molecule has 1 aliphatic heterocycles. The van der Waals surface area contributed by atoms with Gasteiger partial charge in [0.25, 0.3) is 5.91 Å². The van der Waals surface area contributed by atoms with Crippen molar-refractivity contribution in [1.29, 1.82) is 0 Å². The van der Waals surface area contributed by atoms with E-state index in [1.165, 1.54) is 5.69 Å². The van der Waals surface area contributed by atoms with Gasteiger partial charge >= 0.3 is 0 Å². The summed E-state index contributed by atoms with van der Waals surface area (Å²) in [6.45, 7) is 4.38. The Morgan fingerprint density at radius 3 is 2.37 bits per heavy atom. The second-order valence-electron chi connectivity index (χ2n) is 6.43. The third-order valence-electron chi connectivity index (χ3n) is 4.55. The molecule has 7 heteroatoms. The lowest BCUT2D eigenvalue weighted by Gasteiger charge is -2.36. The van der Waals surface area contributed by atoms with Gasteiger partial charge in [0.2, 0.25) is 5.91 Å². The average molecular weight is 387 g/mol. The number of nitrogens with zero attached hydrogens (tertiary/aromatic N) is 2. The van der Waals surface area contributed by atoms with Crippen molar-refractivity contribution in [2.75, 3.05) is 37.6 Å². The normalized spacial score (nSPS) is 14.6. The molecule has 1 heterocycles. The van der Waals surface area contributed by atoms with E-state index in [1.54, 1.807) is 24.3 Å². The number of amides is 2. The van der Waals surface area contributed by atoms with E-state index in [2.05, 4.69) is 32.8 Å². The van der Waals surface area contributed by atoms with Gasteiger partial charge in [0.05, 0.1) is 0 Å². The van der Waals surface area contributed by atoms with E-state index in [4.69, 9.17) is 11.6 Å². The third-order valence-corrected chi connectivity index (χ3v) is 4.79. The molecule has 6 nitrogen and oxygen atoms in total. The molecule has 2 N–H and O–H groups in total. The molecule has 0 bridgehead atoms. The summed E-state index contributed by atoms with van der Waals surface area (Å²) in [5, 5.41) is 0.476. The Bertz CT molecular complexity index is 777. The summed E-state index contributed by atoms with van der Waals surface area (Å²) in [5.74, 6) is -0.599. The van der Waals surface area contributed by atoms with E-state index >= 15 is 0 Å². The molecule has 0 aliphatic carbocycles. The van der Waals surface area contributed by atoms with Crippen molar-refractivity contribution in [3.8, 4) is 0 Å². The zero-order chi connectivity index (χ0) is 19.1. The molecular weight excluding hydrogens is 364 g/mol. The van der Waals surface area contributed by atoms with Crippen LogP contribution in [-0.2, 0) is 4.79 Å². The lowest BCUT2D eigenvalue weighted by atomic mass is 10.2. The van der Waals surface area contributed by atoms with Crippen LogP contribution in [0.5, 0.6) is 0 Å². The van der Waals surface area contributed by atoms with Crippen LogP contribution in [0.4, 0.5) is 5.69 Å². The number of rotatable bonds is 5. The minimum absolute atomic E-state index is 0.212. The average Bonchev–Trinajstić information content (AvgIpc) is 2.71. The maximum atomic E-state index is 12.0. The minimum atomic E-state index is -0.387. The molecule has 27 heavy (non-hydrogen) atoms. The van der Waals surface area contributed by atoms with Crippen molar-refractivity contribution in [2.45, 2.75) is 6.42 Å². The van der Waals surface area contributed by atoms with E-state index in [0.717, 1.165) is 26.2 Å². The number of carbonyl (C=O) groups is 2. The zero-order valence-electron chi connectivity index (χ0n) is 15.0. The summed E-state index contributed by atoms with van der Waals surface area (Å²) in [4.78, 5) is 28.6. The quantitative estimate of drug-likeness (QED) is 0.774.